The lowest BCUT2D eigenvalue weighted by Crippen LogP contribution is -2.05. The maximum Gasteiger partial charge on any atom is 0.152 e. The van der Waals surface area contributed by atoms with E-state index < -0.39 is 0 Å². The third kappa shape index (κ3) is 2.53. The average molecular weight is 230 g/mol. The van der Waals surface area contributed by atoms with Crippen LogP contribution in [-0.4, -0.2) is 21.3 Å². The molecule has 0 aliphatic carbocycles. The molecule has 17 heavy (non-hydrogen) atoms. The molecule has 0 aliphatic heterocycles. The van der Waals surface area contributed by atoms with E-state index in [1.807, 2.05) is 16.8 Å². The first-order chi connectivity index (χ1) is 8.24. The highest BCUT2D eigenvalue weighted by Crippen LogP contribution is 2.12. The van der Waals surface area contributed by atoms with Crippen molar-refractivity contribution in [3.8, 4) is 5.69 Å². The van der Waals surface area contributed by atoms with Gasteiger partial charge in [-0.3, -0.25) is 0 Å². The van der Waals surface area contributed by atoms with Crippen molar-refractivity contribution in [1.29, 1.82) is 0 Å². The summed E-state index contributed by atoms with van der Waals surface area (Å²) in [5, 5.41) is 4.51. The molecule has 1 aromatic heterocycles. The highest BCUT2D eigenvalue weighted by Gasteiger charge is 2.09. The maximum atomic E-state index is 5.53. The van der Waals surface area contributed by atoms with Crippen LogP contribution in [0.1, 0.15) is 24.1 Å². The van der Waals surface area contributed by atoms with Crippen LogP contribution < -0.4 is 5.73 Å². The van der Waals surface area contributed by atoms with Gasteiger partial charge in [0.05, 0.1) is 5.69 Å². The number of hydrogen-bond acceptors (Lipinski definition) is 3. The zero-order valence-electron chi connectivity index (χ0n) is 10.3. The van der Waals surface area contributed by atoms with Gasteiger partial charge in [-0.25, -0.2) is 9.67 Å². The van der Waals surface area contributed by atoms with E-state index >= 15 is 0 Å². The van der Waals surface area contributed by atoms with Crippen molar-refractivity contribution in [2.75, 3.05) is 6.54 Å². The summed E-state index contributed by atoms with van der Waals surface area (Å²) in [6.07, 6.45) is 1.59. The van der Waals surface area contributed by atoms with E-state index in [0.29, 0.717) is 6.54 Å². The summed E-state index contributed by atoms with van der Waals surface area (Å²) >= 11 is 0. The van der Waals surface area contributed by atoms with Gasteiger partial charge < -0.3 is 5.73 Å². The lowest BCUT2D eigenvalue weighted by molar-refractivity contribution is 0.784. The first kappa shape index (κ1) is 11.8. The summed E-state index contributed by atoms with van der Waals surface area (Å²) in [5.41, 5.74) is 7.82. The van der Waals surface area contributed by atoms with Crippen LogP contribution >= 0.6 is 0 Å². The number of aromatic nitrogens is 3. The monoisotopic (exact) mass is 230 g/mol. The molecule has 2 N–H and O–H groups in total. The number of benzene rings is 1. The van der Waals surface area contributed by atoms with Gasteiger partial charge in [-0.2, -0.15) is 5.10 Å². The Morgan fingerprint density at radius 2 is 2.18 bits per heavy atom. The Morgan fingerprint density at radius 1 is 1.35 bits per heavy atom. The van der Waals surface area contributed by atoms with Crippen LogP contribution in [0.5, 0.6) is 0 Å². The molecule has 4 nitrogen and oxygen atoms in total. The Bertz CT molecular complexity index is 502. The second kappa shape index (κ2) is 5.10. The molecule has 0 saturated heterocycles. The van der Waals surface area contributed by atoms with Gasteiger partial charge in [-0.15, -0.1) is 0 Å². The van der Waals surface area contributed by atoms with Gasteiger partial charge >= 0.3 is 0 Å². The smallest absolute Gasteiger partial charge is 0.152 e. The zero-order valence-corrected chi connectivity index (χ0v) is 10.3. The number of nitrogens with zero attached hydrogens (tertiary/aromatic N) is 3. The molecule has 2 rings (SSSR count). The summed E-state index contributed by atoms with van der Waals surface area (Å²) < 4.78 is 1.91. The van der Waals surface area contributed by atoms with Gasteiger partial charge in [-0.05, 0) is 31.2 Å². The maximum absolute atomic E-state index is 5.53. The van der Waals surface area contributed by atoms with E-state index in [-0.39, 0.29) is 0 Å². The molecule has 1 aromatic carbocycles. The highest BCUT2D eigenvalue weighted by atomic mass is 15.3. The minimum absolute atomic E-state index is 0.584. The standard InChI is InChI=1S/C13H18N4/c1-3-13-15-12(7-8-14)16-17(13)11-6-4-5-10(2)9-11/h4-6,9H,3,7-8,14H2,1-2H3. The molecular formula is C13H18N4. The Kier molecular flexibility index (Phi) is 3.54. The van der Waals surface area contributed by atoms with Gasteiger partial charge in [0.2, 0.25) is 0 Å². The van der Waals surface area contributed by atoms with Crippen LogP contribution in [-0.2, 0) is 12.8 Å². The second-order valence-corrected chi connectivity index (χ2v) is 4.09. The largest absolute Gasteiger partial charge is 0.330 e. The van der Waals surface area contributed by atoms with Crippen molar-refractivity contribution in [2.24, 2.45) is 5.73 Å². The fourth-order valence-electron chi connectivity index (χ4n) is 1.82. The number of nitrogens with two attached hydrogens (primary N) is 1. The first-order valence-corrected chi connectivity index (χ1v) is 5.96. The fourth-order valence-corrected chi connectivity index (χ4v) is 1.82. The van der Waals surface area contributed by atoms with Crippen LogP contribution in [0.2, 0.25) is 0 Å². The summed E-state index contributed by atoms with van der Waals surface area (Å²) in [5.74, 6) is 1.81. The third-order valence-corrected chi connectivity index (χ3v) is 2.65. The Hall–Kier alpha value is -1.68. The molecule has 0 unspecified atom stereocenters. The number of aryl methyl sites for hydroxylation is 2. The molecule has 1 heterocycles. The van der Waals surface area contributed by atoms with Crippen molar-refractivity contribution in [3.05, 3.63) is 41.5 Å². The van der Waals surface area contributed by atoms with Crippen molar-refractivity contribution in [2.45, 2.75) is 26.7 Å². The van der Waals surface area contributed by atoms with Gasteiger partial charge in [0.1, 0.15) is 5.82 Å². The normalized spacial score (nSPS) is 10.8. The molecule has 0 fully saturated rings. The van der Waals surface area contributed by atoms with Crippen molar-refractivity contribution >= 4 is 0 Å². The van der Waals surface area contributed by atoms with Crippen LogP contribution in [0.15, 0.2) is 24.3 Å². The summed E-state index contributed by atoms with van der Waals surface area (Å²) in [4.78, 5) is 4.50. The Labute approximate surface area is 101 Å². The fraction of sp³-hybridized carbons (Fsp3) is 0.385. The SMILES string of the molecule is CCc1nc(CCN)nn1-c1cccc(C)c1. The van der Waals surface area contributed by atoms with E-state index in [1.165, 1.54) is 5.56 Å². The van der Waals surface area contributed by atoms with Crippen LogP contribution in [0.25, 0.3) is 5.69 Å². The molecule has 0 spiro atoms. The summed E-state index contributed by atoms with van der Waals surface area (Å²) in [6.45, 7) is 4.75. The minimum atomic E-state index is 0.584. The number of rotatable bonds is 4. The molecule has 0 saturated carbocycles. The lowest BCUT2D eigenvalue weighted by Gasteiger charge is -2.04. The van der Waals surface area contributed by atoms with E-state index in [0.717, 1.165) is 30.2 Å². The lowest BCUT2D eigenvalue weighted by atomic mass is 10.2. The Morgan fingerprint density at radius 3 is 2.82 bits per heavy atom. The molecular weight excluding hydrogens is 212 g/mol. The van der Waals surface area contributed by atoms with Crippen molar-refractivity contribution < 1.29 is 0 Å². The third-order valence-electron chi connectivity index (χ3n) is 2.65. The van der Waals surface area contributed by atoms with E-state index in [4.69, 9.17) is 5.73 Å². The van der Waals surface area contributed by atoms with Crippen LogP contribution in [0.4, 0.5) is 0 Å². The van der Waals surface area contributed by atoms with Gasteiger partial charge in [0.25, 0.3) is 0 Å². The van der Waals surface area contributed by atoms with Crippen molar-refractivity contribution in [3.63, 3.8) is 0 Å². The van der Waals surface area contributed by atoms with Gasteiger partial charge in [0.15, 0.2) is 5.82 Å². The summed E-state index contributed by atoms with van der Waals surface area (Å²) in [6, 6.07) is 8.27. The zero-order chi connectivity index (χ0) is 12.3. The quantitative estimate of drug-likeness (QED) is 0.868. The van der Waals surface area contributed by atoms with Crippen molar-refractivity contribution in [1.82, 2.24) is 14.8 Å². The number of hydrogen-bond donors (Lipinski definition) is 1. The molecule has 0 radical (unpaired) electrons. The second-order valence-electron chi connectivity index (χ2n) is 4.09. The van der Waals surface area contributed by atoms with E-state index in [9.17, 15) is 0 Å². The summed E-state index contributed by atoms with van der Waals surface area (Å²) in [7, 11) is 0. The van der Waals surface area contributed by atoms with Crippen LogP contribution in [0, 0.1) is 6.92 Å². The highest BCUT2D eigenvalue weighted by molar-refractivity contribution is 5.35. The molecule has 0 atom stereocenters. The first-order valence-electron chi connectivity index (χ1n) is 5.96. The van der Waals surface area contributed by atoms with Gasteiger partial charge in [0, 0.05) is 12.8 Å². The topological polar surface area (TPSA) is 56.7 Å². The van der Waals surface area contributed by atoms with Gasteiger partial charge in [-0.1, -0.05) is 19.1 Å². The average Bonchev–Trinajstić information content (AvgIpc) is 2.73. The van der Waals surface area contributed by atoms with Crippen LogP contribution in [0.3, 0.4) is 0 Å². The molecule has 90 valence electrons. The molecule has 0 amide bonds. The predicted molar refractivity (Wildman–Crippen MR) is 68.2 cm³/mol. The van der Waals surface area contributed by atoms with E-state index in [1.54, 1.807) is 0 Å². The predicted octanol–water partition coefficient (Wildman–Crippen LogP) is 1.64. The molecule has 4 heteroatoms. The minimum Gasteiger partial charge on any atom is -0.330 e. The Balaban J connectivity index is 2.43. The molecule has 2 aromatic rings. The molecule has 0 bridgehead atoms. The molecule has 0 aliphatic rings. The van der Waals surface area contributed by atoms with E-state index in [2.05, 4.69) is 36.1 Å².